The normalized spacial score (nSPS) is 17.3. The van der Waals surface area contributed by atoms with Crippen molar-refractivity contribution in [2.75, 3.05) is 6.61 Å². The lowest BCUT2D eigenvalue weighted by Crippen LogP contribution is -1.88. The molecule has 1 heteroatoms. The molecule has 1 heterocycles. The summed E-state index contributed by atoms with van der Waals surface area (Å²) < 4.78 is 5.18. The van der Waals surface area contributed by atoms with E-state index in [1.54, 1.807) is 0 Å². The predicted octanol–water partition coefficient (Wildman–Crippen LogP) is 7.10. The Labute approximate surface area is 140 Å². The van der Waals surface area contributed by atoms with Crippen molar-refractivity contribution in [2.45, 2.75) is 116 Å². The van der Waals surface area contributed by atoms with Crippen LogP contribution in [0.5, 0.6) is 0 Å². The van der Waals surface area contributed by atoms with Crippen molar-refractivity contribution < 1.29 is 4.74 Å². The Bertz CT molecular complexity index is 204. The molecule has 0 bridgehead atoms. The maximum Gasteiger partial charge on any atom is 0.0841 e. The Balaban J connectivity index is 1.61. The lowest BCUT2D eigenvalue weighted by molar-refractivity contribution is 0.423. The summed E-state index contributed by atoms with van der Waals surface area (Å²) in [5, 5.41) is 0. The quantitative estimate of drug-likeness (QED) is 0.206. The highest BCUT2D eigenvalue weighted by atomic mass is 16.6. The van der Waals surface area contributed by atoms with Crippen LogP contribution < -0.4 is 0 Å². The van der Waals surface area contributed by atoms with E-state index in [9.17, 15) is 0 Å². The fourth-order valence-corrected chi connectivity index (χ4v) is 3.14. The van der Waals surface area contributed by atoms with Crippen LogP contribution in [0.25, 0.3) is 0 Å². The van der Waals surface area contributed by atoms with Crippen LogP contribution in [-0.4, -0.2) is 12.7 Å². The summed E-state index contributed by atoms with van der Waals surface area (Å²) in [7, 11) is 0. The van der Waals surface area contributed by atoms with Crippen LogP contribution in [0.2, 0.25) is 0 Å². The van der Waals surface area contributed by atoms with Gasteiger partial charge in [0.1, 0.15) is 0 Å². The molecular weight excluding hydrogens is 268 g/mol. The highest BCUT2D eigenvalue weighted by molar-refractivity contribution is 4.85. The zero-order valence-corrected chi connectivity index (χ0v) is 15.5. The summed E-state index contributed by atoms with van der Waals surface area (Å²) in [5.41, 5.74) is 0. The molecule has 0 aromatic heterocycles. The largest absolute Gasteiger partial charge is 0.373 e. The molecular formula is C21H41O. The molecule has 1 aliphatic heterocycles. The summed E-state index contributed by atoms with van der Waals surface area (Å²) in [5.74, 6) is 0.894. The third kappa shape index (κ3) is 14.9. The van der Waals surface area contributed by atoms with Crippen LogP contribution in [0.15, 0.2) is 0 Å². The monoisotopic (exact) mass is 309 g/mol. The van der Waals surface area contributed by atoms with Gasteiger partial charge in [0, 0.05) is 0 Å². The molecule has 1 radical (unpaired) electrons. The lowest BCUT2D eigenvalue weighted by atomic mass is 10.0. The van der Waals surface area contributed by atoms with Gasteiger partial charge in [0.15, 0.2) is 0 Å². The molecule has 131 valence electrons. The molecule has 1 saturated heterocycles. The molecule has 0 spiro atoms. The van der Waals surface area contributed by atoms with Gasteiger partial charge in [-0.2, -0.15) is 0 Å². The molecule has 0 aromatic carbocycles. The van der Waals surface area contributed by atoms with E-state index < -0.39 is 0 Å². The standard InChI is InChI=1S/C21H41O/c1-20(2)17-15-13-11-9-7-5-3-4-6-8-10-12-14-16-18-21-19-22-21/h18,20-21H,3-17,19H2,1-2H3. The van der Waals surface area contributed by atoms with E-state index in [-0.39, 0.29) is 0 Å². The molecule has 0 aromatic rings. The van der Waals surface area contributed by atoms with E-state index in [1.807, 2.05) is 0 Å². The van der Waals surface area contributed by atoms with Gasteiger partial charge in [-0.1, -0.05) is 104 Å². The van der Waals surface area contributed by atoms with Crippen molar-refractivity contribution in [3.63, 3.8) is 0 Å². The van der Waals surface area contributed by atoms with E-state index >= 15 is 0 Å². The summed E-state index contributed by atoms with van der Waals surface area (Å²) in [6, 6.07) is 0. The van der Waals surface area contributed by atoms with E-state index in [2.05, 4.69) is 20.3 Å². The minimum atomic E-state index is 0.523. The molecule has 0 N–H and O–H groups in total. The van der Waals surface area contributed by atoms with Gasteiger partial charge in [-0.05, 0) is 18.8 Å². The molecule has 22 heavy (non-hydrogen) atoms. The number of rotatable bonds is 17. The summed E-state index contributed by atoms with van der Waals surface area (Å²) in [6.07, 6.45) is 24.4. The average molecular weight is 310 g/mol. The maximum absolute atomic E-state index is 5.18. The molecule has 1 aliphatic rings. The van der Waals surface area contributed by atoms with Crippen LogP contribution in [0, 0.1) is 12.3 Å². The van der Waals surface area contributed by atoms with Gasteiger partial charge in [-0.3, -0.25) is 0 Å². The van der Waals surface area contributed by atoms with Crippen molar-refractivity contribution in [3.05, 3.63) is 6.42 Å². The van der Waals surface area contributed by atoms with Crippen molar-refractivity contribution >= 4 is 0 Å². The summed E-state index contributed by atoms with van der Waals surface area (Å²) in [4.78, 5) is 0. The zero-order valence-electron chi connectivity index (χ0n) is 15.5. The number of ether oxygens (including phenoxy) is 1. The van der Waals surface area contributed by atoms with Gasteiger partial charge in [-0.25, -0.2) is 0 Å². The minimum Gasteiger partial charge on any atom is -0.373 e. The summed E-state index contributed by atoms with van der Waals surface area (Å²) in [6.45, 7) is 5.65. The van der Waals surface area contributed by atoms with E-state index in [0.717, 1.165) is 12.5 Å². The van der Waals surface area contributed by atoms with Gasteiger partial charge in [-0.15, -0.1) is 0 Å². The topological polar surface area (TPSA) is 12.5 Å². The number of hydrogen-bond donors (Lipinski definition) is 0. The number of hydrogen-bond acceptors (Lipinski definition) is 1. The SMILES string of the molecule is CC(C)CCCCCCCCCCCCCCC[CH]C1CO1. The smallest absolute Gasteiger partial charge is 0.0841 e. The highest BCUT2D eigenvalue weighted by Crippen LogP contribution is 2.18. The predicted molar refractivity (Wildman–Crippen MR) is 98.1 cm³/mol. The highest BCUT2D eigenvalue weighted by Gasteiger charge is 2.21. The van der Waals surface area contributed by atoms with Crippen molar-refractivity contribution in [1.29, 1.82) is 0 Å². The van der Waals surface area contributed by atoms with Crippen LogP contribution in [0.4, 0.5) is 0 Å². The van der Waals surface area contributed by atoms with E-state index in [0.29, 0.717) is 6.10 Å². The second-order valence-electron chi connectivity index (χ2n) is 7.67. The van der Waals surface area contributed by atoms with E-state index in [4.69, 9.17) is 4.74 Å². The van der Waals surface area contributed by atoms with E-state index in [1.165, 1.54) is 96.3 Å². The first-order valence-electron chi connectivity index (χ1n) is 10.2. The third-order valence-corrected chi connectivity index (χ3v) is 4.77. The first-order valence-corrected chi connectivity index (χ1v) is 10.2. The first kappa shape index (κ1) is 20.0. The van der Waals surface area contributed by atoms with Crippen LogP contribution in [0.3, 0.4) is 0 Å². The van der Waals surface area contributed by atoms with Gasteiger partial charge >= 0.3 is 0 Å². The third-order valence-electron chi connectivity index (χ3n) is 4.77. The molecule has 1 unspecified atom stereocenters. The molecule has 1 rings (SSSR count). The fourth-order valence-electron chi connectivity index (χ4n) is 3.14. The van der Waals surface area contributed by atoms with Crippen molar-refractivity contribution in [2.24, 2.45) is 5.92 Å². The Kier molecular flexibility index (Phi) is 13.2. The molecule has 0 saturated carbocycles. The average Bonchev–Trinajstić information content (AvgIpc) is 3.30. The second-order valence-corrected chi connectivity index (χ2v) is 7.67. The Morgan fingerprint density at radius 1 is 0.727 bits per heavy atom. The second kappa shape index (κ2) is 14.5. The molecule has 0 amide bonds. The Hall–Kier alpha value is -0.0400. The van der Waals surface area contributed by atoms with Crippen LogP contribution >= 0.6 is 0 Å². The van der Waals surface area contributed by atoms with Crippen LogP contribution in [-0.2, 0) is 4.74 Å². The van der Waals surface area contributed by atoms with Crippen LogP contribution in [0.1, 0.15) is 110 Å². The fraction of sp³-hybridized carbons (Fsp3) is 0.952. The van der Waals surface area contributed by atoms with Gasteiger partial charge in [0.05, 0.1) is 12.7 Å². The Morgan fingerprint density at radius 3 is 1.55 bits per heavy atom. The van der Waals surface area contributed by atoms with Crippen molar-refractivity contribution in [3.8, 4) is 0 Å². The van der Waals surface area contributed by atoms with Gasteiger partial charge in [0.2, 0.25) is 0 Å². The summed E-state index contributed by atoms with van der Waals surface area (Å²) >= 11 is 0. The zero-order chi connectivity index (χ0) is 15.9. The maximum atomic E-state index is 5.18. The molecule has 1 atom stereocenters. The molecule has 0 aliphatic carbocycles. The van der Waals surface area contributed by atoms with Crippen molar-refractivity contribution in [1.82, 2.24) is 0 Å². The number of unbranched alkanes of at least 4 members (excludes halogenated alkanes) is 13. The minimum absolute atomic E-state index is 0.523. The number of epoxide rings is 1. The molecule has 1 nitrogen and oxygen atoms in total. The first-order chi connectivity index (χ1) is 10.8. The molecule has 1 fully saturated rings. The lowest BCUT2D eigenvalue weighted by Gasteiger charge is -2.05. The van der Waals surface area contributed by atoms with Gasteiger partial charge < -0.3 is 4.74 Å². The van der Waals surface area contributed by atoms with Gasteiger partial charge in [0.25, 0.3) is 0 Å². The Morgan fingerprint density at radius 2 is 1.14 bits per heavy atom.